The van der Waals surface area contributed by atoms with Gasteiger partial charge in [0, 0.05) is 35.3 Å². The topological polar surface area (TPSA) is 53.6 Å². The number of rotatable bonds is 4. The summed E-state index contributed by atoms with van der Waals surface area (Å²) >= 11 is 19.5. The van der Waals surface area contributed by atoms with Gasteiger partial charge in [-0.05, 0) is 42.8 Å². The zero-order chi connectivity index (χ0) is 22.2. The van der Waals surface area contributed by atoms with Crippen LogP contribution in [0.2, 0.25) is 15.1 Å². The van der Waals surface area contributed by atoms with Crippen molar-refractivity contribution in [3.63, 3.8) is 0 Å². The van der Waals surface area contributed by atoms with Crippen LogP contribution in [0.4, 0.5) is 16.2 Å². The van der Waals surface area contributed by atoms with Gasteiger partial charge < -0.3 is 15.4 Å². The molecule has 1 atom stereocenters. The van der Waals surface area contributed by atoms with Gasteiger partial charge >= 0.3 is 6.03 Å². The van der Waals surface area contributed by atoms with E-state index in [1.165, 1.54) is 4.90 Å². The van der Waals surface area contributed by atoms with Crippen LogP contribution in [0, 0.1) is 0 Å². The first-order valence-corrected chi connectivity index (χ1v) is 11.5. The van der Waals surface area contributed by atoms with Crippen molar-refractivity contribution in [3.8, 4) is 16.9 Å². The predicted octanol–water partition coefficient (Wildman–Crippen LogP) is 6.42. The quantitative estimate of drug-likeness (QED) is 0.446. The summed E-state index contributed by atoms with van der Waals surface area (Å²) in [5.74, 6) is 0.662. The van der Waals surface area contributed by atoms with Crippen molar-refractivity contribution in [2.45, 2.75) is 19.1 Å². The Hall–Kier alpha value is -2.44. The number of nitrogens with one attached hydrogen (secondary N) is 2. The van der Waals surface area contributed by atoms with Gasteiger partial charge in [-0.1, -0.05) is 59.1 Å². The van der Waals surface area contributed by atoms with Gasteiger partial charge in [0.2, 0.25) is 0 Å². The highest BCUT2D eigenvalue weighted by atomic mass is 35.5. The van der Waals surface area contributed by atoms with E-state index in [2.05, 4.69) is 10.6 Å². The van der Waals surface area contributed by atoms with E-state index in [0.717, 1.165) is 36.2 Å². The predicted molar refractivity (Wildman–Crippen MR) is 130 cm³/mol. The fourth-order valence-corrected chi connectivity index (χ4v) is 5.01. The van der Waals surface area contributed by atoms with Crippen LogP contribution >= 0.6 is 34.8 Å². The zero-order valence-corrected chi connectivity index (χ0v) is 19.3. The molecule has 164 valence electrons. The van der Waals surface area contributed by atoms with E-state index in [1.807, 2.05) is 36.4 Å². The van der Waals surface area contributed by atoms with E-state index >= 15 is 0 Å². The Labute approximate surface area is 201 Å². The molecule has 1 fully saturated rings. The van der Waals surface area contributed by atoms with E-state index in [1.54, 1.807) is 18.2 Å². The Kier molecular flexibility index (Phi) is 5.91. The van der Waals surface area contributed by atoms with Gasteiger partial charge in [-0.15, -0.1) is 0 Å². The van der Waals surface area contributed by atoms with Gasteiger partial charge in [-0.3, -0.25) is 4.90 Å². The molecule has 0 spiro atoms. The SMILES string of the molecule is O=C1NCc2c(-c3ccccc3Cl)cc(OC3CCNC3)cc2N1c1c(Cl)cccc1Cl. The first-order valence-electron chi connectivity index (χ1n) is 10.3. The third-order valence-corrected chi connectivity index (χ3v) is 6.64. The van der Waals surface area contributed by atoms with Crippen molar-refractivity contribution in [2.24, 2.45) is 0 Å². The molecule has 0 aliphatic carbocycles. The Morgan fingerprint density at radius 2 is 1.69 bits per heavy atom. The van der Waals surface area contributed by atoms with E-state index in [-0.39, 0.29) is 12.1 Å². The van der Waals surface area contributed by atoms with Crippen LogP contribution in [0.25, 0.3) is 11.1 Å². The summed E-state index contributed by atoms with van der Waals surface area (Å²) in [7, 11) is 0. The monoisotopic (exact) mass is 487 g/mol. The molecule has 2 aliphatic heterocycles. The minimum atomic E-state index is -0.308. The standard InChI is InChI=1S/C24H20Cl3N3O2/c25-19-5-2-1-4-16(19)17-10-15(32-14-8-9-28-12-14)11-22-18(17)13-29-24(31)30(22)23-20(26)6-3-7-21(23)27/h1-7,10-11,14,28H,8-9,12-13H2,(H,29,31). The van der Waals surface area contributed by atoms with Crippen molar-refractivity contribution in [2.75, 3.05) is 18.0 Å². The number of hydrogen-bond acceptors (Lipinski definition) is 3. The largest absolute Gasteiger partial charge is 0.489 e. The molecule has 32 heavy (non-hydrogen) atoms. The highest BCUT2D eigenvalue weighted by Gasteiger charge is 2.32. The lowest BCUT2D eigenvalue weighted by Gasteiger charge is -2.33. The van der Waals surface area contributed by atoms with Gasteiger partial charge in [0.25, 0.3) is 0 Å². The van der Waals surface area contributed by atoms with Gasteiger partial charge in [0.15, 0.2) is 0 Å². The van der Waals surface area contributed by atoms with Gasteiger partial charge in [0.1, 0.15) is 11.9 Å². The normalized spacial score (nSPS) is 17.8. The summed E-state index contributed by atoms with van der Waals surface area (Å²) in [6, 6.07) is 16.4. The molecular formula is C24H20Cl3N3O2. The van der Waals surface area contributed by atoms with Gasteiger partial charge in [0.05, 0.1) is 21.4 Å². The van der Waals surface area contributed by atoms with Gasteiger partial charge in [-0.25, -0.2) is 4.79 Å². The number of urea groups is 1. The highest BCUT2D eigenvalue weighted by molar-refractivity contribution is 6.40. The average molecular weight is 489 g/mol. The molecule has 3 aromatic carbocycles. The molecule has 2 heterocycles. The molecule has 0 aromatic heterocycles. The Morgan fingerprint density at radius 1 is 0.938 bits per heavy atom. The number of halogens is 3. The van der Waals surface area contributed by atoms with Crippen LogP contribution in [0.15, 0.2) is 54.6 Å². The van der Waals surface area contributed by atoms with Crippen LogP contribution in [0.1, 0.15) is 12.0 Å². The average Bonchev–Trinajstić information content (AvgIpc) is 3.28. The third kappa shape index (κ3) is 3.90. The fraction of sp³-hybridized carbons (Fsp3) is 0.208. The number of hydrogen-bond donors (Lipinski definition) is 2. The molecule has 3 aromatic rings. The maximum atomic E-state index is 13.1. The van der Waals surface area contributed by atoms with Crippen molar-refractivity contribution >= 4 is 52.2 Å². The number of ether oxygens (including phenoxy) is 1. The van der Waals surface area contributed by atoms with E-state index in [0.29, 0.717) is 38.7 Å². The number of benzene rings is 3. The number of carbonyl (C=O) groups is 1. The molecule has 2 aliphatic rings. The molecule has 0 saturated carbocycles. The highest BCUT2D eigenvalue weighted by Crippen LogP contribution is 2.46. The molecule has 5 rings (SSSR count). The number of anilines is 2. The summed E-state index contributed by atoms with van der Waals surface area (Å²) in [4.78, 5) is 14.6. The summed E-state index contributed by atoms with van der Waals surface area (Å²) in [6.45, 7) is 2.04. The first kappa shape index (κ1) is 21.4. The summed E-state index contributed by atoms with van der Waals surface area (Å²) < 4.78 is 6.29. The molecule has 0 radical (unpaired) electrons. The summed E-state index contributed by atoms with van der Waals surface area (Å²) in [5, 5.41) is 7.63. The van der Waals surface area contributed by atoms with Crippen molar-refractivity contribution in [3.05, 3.63) is 75.2 Å². The van der Waals surface area contributed by atoms with E-state index < -0.39 is 0 Å². The lowest BCUT2D eigenvalue weighted by Crippen LogP contribution is -2.41. The summed E-state index contributed by atoms with van der Waals surface area (Å²) in [6.07, 6.45) is 0.973. The third-order valence-electron chi connectivity index (χ3n) is 5.70. The zero-order valence-electron chi connectivity index (χ0n) is 17.0. The Morgan fingerprint density at radius 3 is 2.41 bits per heavy atom. The second-order valence-electron chi connectivity index (χ2n) is 7.75. The second-order valence-corrected chi connectivity index (χ2v) is 8.97. The van der Waals surface area contributed by atoms with E-state index in [9.17, 15) is 4.79 Å². The van der Waals surface area contributed by atoms with Crippen LogP contribution < -0.4 is 20.3 Å². The maximum Gasteiger partial charge on any atom is 0.326 e. The van der Waals surface area contributed by atoms with Gasteiger partial charge in [-0.2, -0.15) is 0 Å². The van der Waals surface area contributed by atoms with Crippen LogP contribution in [-0.2, 0) is 6.54 Å². The minimum Gasteiger partial charge on any atom is -0.489 e. The smallest absolute Gasteiger partial charge is 0.326 e. The molecule has 8 heteroatoms. The summed E-state index contributed by atoms with van der Waals surface area (Å²) in [5.41, 5.74) is 3.76. The molecule has 5 nitrogen and oxygen atoms in total. The van der Waals surface area contributed by atoms with Crippen molar-refractivity contribution < 1.29 is 9.53 Å². The minimum absolute atomic E-state index is 0.0573. The molecular weight excluding hydrogens is 469 g/mol. The first-order chi connectivity index (χ1) is 15.5. The molecule has 2 N–H and O–H groups in total. The number of nitrogens with zero attached hydrogens (tertiary/aromatic N) is 1. The number of carbonyl (C=O) groups excluding carboxylic acids is 1. The van der Waals surface area contributed by atoms with Crippen LogP contribution in [0.3, 0.4) is 0 Å². The molecule has 1 saturated heterocycles. The fourth-order valence-electron chi connectivity index (χ4n) is 4.20. The lowest BCUT2D eigenvalue weighted by atomic mass is 9.95. The second kappa shape index (κ2) is 8.83. The Balaban J connectivity index is 1.72. The number of fused-ring (bicyclic) bond motifs is 1. The molecule has 0 bridgehead atoms. The molecule has 2 amide bonds. The van der Waals surface area contributed by atoms with Crippen LogP contribution in [0.5, 0.6) is 5.75 Å². The van der Waals surface area contributed by atoms with Crippen LogP contribution in [-0.4, -0.2) is 25.2 Å². The Bertz CT molecular complexity index is 1170. The number of para-hydroxylation sites is 1. The number of amides is 2. The van der Waals surface area contributed by atoms with E-state index in [4.69, 9.17) is 39.5 Å². The van der Waals surface area contributed by atoms with Crippen molar-refractivity contribution in [1.29, 1.82) is 0 Å². The maximum absolute atomic E-state index is 13.1. The van der Waals surface area contributed by atoms with Crippen molar-refractivity contribution in [1.82, 2.24) is 10.6 Å². The lowest BCUT2D eigenvalue weighted by molar-refractivity contribution is 0.223. The molecule has 1 unspecified atom stereocenters.